The first-order valence-corrected chi connectivity index (χ1v) is 5.58. The van der Waals surface area contributed by atoms with Crippen LogP contribution in [0.3, 0.4) is 0 Å². The highest BCUT2D eigenvalue weighted by Crippen LogP contribution is 2.09. The van der Waals surface area contributed by atoms with Gasteiger partial charge < -0.3 is 5.32 Å². The molecule has 0 bridgehead atoms. The number of nitrogens with zero attached hydrogens (tertiary/aromatic N) is 2. The number of rotatable bonds is 3. The average molecular weight is 247 g/mol. The lowest BCUT2D eigenvalue weighted by Gasteiger charge is -2.05. The topological polar surface area (TPSA) is 46.9 Å². The van der Waals surface area contributed by atoms with Crippen molar-refractivity contribution in [1.82, 2.24) is 15.1 Å². The van der Waals surface area contributed by atoms with Gasteiger partial charge in [-0.15, -0.1) is 0 Å². The Balaban J connectivity index is 2.01. The van der Waals surface area contributed by atoms with Crippen molar-refractivity contribution in [3.63, 3.8) is 0 Å². The number of hydrogen-bond donors (Lipinski definition) is 1. The van der Waals surface area contributed by atoms with Gasteiger partial charge in [0.15, 0.2) is 0 Å². The third-order valence-corrected chi connectivity index (χ3v) is 2.63. The van der Waals surface area contributed by atoms with Gasteiger partial charge in [0, 0.05) is 30.9 Å². The minimum Gasteiger partial charge on any atom is -0.348 e. The van der Waals surface area contributed by atoms with Gasteiger partial charge in [-0.2, -0.15) is 5.10 Å². The highest BCUT2D eigenvalue weighted by Gasteiger charge is 2.07. The van der Waals surface area contributed by atoms with E-state index in [1.54, 1.807) is 17.8 Å². The number of carbonyl (C=O) groups excluding carboxylic acids is 1. The van der Waals surface area contributed by atoms with Gasteiger partial charge in [-0.05, 0) is 30.7 Å². The molecule has 0 saturated carbocycles. The lowest BCUT2D eigenvalue weighted by molar-refractivity contribution is 0.0951. The second-order valence-corrected chi connectivity index (χ2v) is 4.17. The highest BCUT2D eigenvalue weighted by atomic mass is 19.1. The van der Waals surface area contributed by atoms with Crippen LogP contribution in [0.15, 0.2) is 30.6 Å². The average Bonchev–Trinajstić information content (AvgIpc) is 2.75. The molecular weight excluding hydrogens is 233 g/mol. The number of aryl methyl sites for hydroxylation is 2. The van der Waals surface area contributed by atoms with Crippen molar-refractivity contribution in [2.45, 2.75) is 13.5 Å². The van der Waals surface area contributed by atoms with Crippen molar-refractivity contribution in [3.05, 3.63) is 53.1 Å². The molecule has 4 nitrogen and oxygen atoms in total. The van der Waals surface area contributed by atoms with Crippen LogP contribution >= 0.6 is 0 Å². The van der Waals surface area contributed by atoms with Gasteiger partial charge in [0.25, 0.3) is 5.91 Å². The molecule has 1 aromatic carbocycles. The van der Waals surface area contributed by atoms with Crippen molar-refractivity contribution in [2.75, 3.05) is 0 Å². The maximum atomic E-state index is 13.1. The number of benzene rings is 1. The van der Waals surface area contributed by atoms with E-state index in [2.05, 4.69) is 10.4 Å². The highest BCUT2D eigenvalue weighted by molar-refractivity contribution is 5.94. The van der Waals surface area contributed by atoms with Crippen molar-refractivity contribution < 1.29 is 9.18 Å². The molecule has 0 atom stereocenters. The van der Waals surface area contributed by atoms with Crippen molar-refractivity contribution in [3.8, 4) is 0 Å². The fraction of sp³-hybridized carbons (Fsp3) is 0.231. The molecule has 0 aliphatic heterocycles. The van der Waals surface area contributed by atoms with Crippen LogP contribution in [-0.2, 0) is 13.6 Å². The maximum absolute atomic E-state index is 13.1. The van der Waals surface area contributed by atoms with Gasteiger partial charge in [-0.3, -0.25) is 9.48 Å². The zero-order chi connectivity index (χ0) is 13.1. The van der Waals surface area contributed by atoms with Crippen molar-refractivity contribution >= 4 is 5.91 Å². The first-order chi connectivity index (χ1) is 8.56. The third kappa shape index (κ3) is 2.74. The molecule has 5 heteroatoms. The molecule has 0 fully saturated rings. The summed E-state index contributed by atoms with van der Waals surface area (Å²) < 4.78 is 14.7. The SMILES string of the molecule is Cc1cc(C(=O)NCc2cnn(C)c2)ccc1F. The Morgan fingerprint density at radius 1 is 1.50 bits per heavy atom. The predicted octanol–water partition coefficient (Wildman–Crippen LogP) is 1.80. The predicted molar refractivity (Wildman–Crippen MR) is 65.5 cm³/mol. The van der Waals surface area contributed by atoms with E-state index in [0.717, 1.165) is 5.56 Å². The summed E-state index contributed by atoms with van der Waals surface area (Å²) in [4.78, 5) is 11.8. The second-order valence-electron chi connectivity index (χ2n) is 4.17. The van der Waals surface area contributed by atoms with E-state index in [1.807, 2.05) is 13.2 Å². The number of nitrogens with one attached hydrogen (secondary N) is 1. The molecule has 1 heterocycles. The van der Waals surface area contributed by atoms with Crippen LogP contribution in [0.2, 0.25) is 0 Å². The lowest BCUT2D eigenvalue weighted by Crippen LogP contribution is -2.22. The Kier molecular flexibility index (Phi) is 3.41. The van der Waals surface area contributed by atoms with Gasteiger partial charge in [-0.1, -0.05) is 0 Å². The molecule has 1 aromatic heterocycles. The molecule has 0 saturated heterocycles. The summed E-state index contributed by atoms with van der Waals surface area (Å²) in [5.74, 6) is -0.527. The summed E-state index contributed by atoms with van der Waals surface area (Å²) in [5.41, 5.74) is 1.84. The molecule has 0 spiro atoms. The first kappa shape index (κ1) is 12.3. The van der Waals surface area contributed by atoms with Crippen LogP contribution in [0, 0.1) is 12.7 Å². The van der Waals surface area contributed by atoms with Gasteiger partial charge in [0.05, 0.1) is 6.20 Å². The fourth-order valence-corrected chi connectivity index (χ4v) is 1.63. The summed E-state index contributed by atoms with van der Waals surface area (Å²) in [7, 11) is 1.81. The van der Waals surface area contributed by atoms with E-state index >= 15 is 0 Å². The molecule has 1 amide bonds. The summed E-state index contributed by atoms with van der Waals surface area (Å²) >= 11 is 0. The Morgan fingerprint density at radius 3 is 2.89 bits per heavy atom. The molecule has 18 heavy (non-hydrogen) atoms. The first-order valence-electron chi connectivity index (χ1n) is 5.58. The second kappa shape index (κ2) is 5.00. The van der Waals surface area contributed by atoms with Crippen LogP contribution in [0.5, 0.6) is 0 Å². The summed E-state index contributed by atoms with van der Waals surface area (Å²) in [6, 6.07) is 4.31. The molecule has 94 valence electrons. The fourth-order valence-electron chi connectivity index (χ4n) is 1.63. The summed E-state index contributed by atoms with van der Waals surface area (Å²) in [6.45, 7) is 2.04. The number of halogens is 1. The minimum absolute atomic E-state index is 0.220. The van der Waals surface area contributed by atoms with Crippen LogP contribution in [0.1, 0.15) is 21.5 Å². The van der Waals surface area contributed by atoms with E-state index in [9.17, 15) is 9.18 Å². The van der Waals surface area contributed by atoms with Gasteiger partial charge in [0.2, 0.25) is 0 Å². The largest absolute Gasteiger partial charge is 0.348 e. The van der Waals surface area contributed by atoms with Gasteiger partial charge >= 0.3 is 0 Å². The Morgan fingerprint density at radius 2 is 2.28 bits per heavy atom. The molecule has 0 radical (unpaired) electrons. The Labute approximate surface area is 104 Å². The van der Waals surface area contributed by atoms with Crippen LogP contribution in [0.4, 0.5) is 4.39 Å². The third-order valence-electron chi connectivity index (χ3n) is 2.63. The molecule has 0 aliphatic carbocycles. The van der Waals surface area contributed by atoms with E-state index in [-0.39, 0.29) is 11.7 Å². The molecule has 2 rings (SSSR count). The van der Waals surface area contributed by atoms with E-state index in [1.165, 1.54) is 18.2 Å². The van der Waals surface area contributed by atoms with Gasteiger partial charge in [-0.25, -0.2) is 4.39 Å². The number of aromatic nitrogens is 2. The Bertz CT molecular complexity index is 577. The number of hydrogen-bond acceptors (Lipinski definition) is 2. The standard InChI is InChI=1S/C13H14FN3O/c1-9-5-11(3-4-12(9)14)13(18)15-6-10-7-16-17(2)8-10/h3-5,7-8H,6H2,1-2H3,(H,15,18). The number of carbonyl (C=O) groups is 1. The van der Waals surface area contributed by atoms with E-state index in [4.69, 9.17) is 0 Å². The Hall–Kier alpha value is -2.17. The normalized spacial score (nSPS) is 10.4. The van der Waals surface area contributed by atoms with Crippen molar-refractivity contribution in [2.24, 2.45) is 7.05 Å². The number of amides is 1. The van der Waals surface area contributed by atoms with Crippen LogP contribution in [0.25, 0.3) is 0 Å². The smallest absolute Gasteiger partial charge is 0.251 e. The van der Waals surface area contributed by atoms with E-state index < -0.39 is 0 Å². The molecule has 2 aromatic rings. The lowest BCUT2D eigenvalue weighted by atomic mass is 10.1. The quantitative estimate of drug-likeness (QED) is 0.899. The van der Waals surface area contributed by atoms with Crippen LogP contribution < -0.4 is 5.32 Å². The monoisotopic (exact) mass is 247 g/mol. The molecule has 1 N–H and O–H groups in total. The molecule has 0 aliphatic rings. The zero-order valence-electron chi connectivity index (χ0n) is 10.3. The maximum Gasteiger partial charge on any atom is 0.251 e. The summed E-state index contributed by atoms with van der Waals surface area (Å²) in [5, 5.41) is 6.77. The summed E-state index contributed by atoms with van der Waals surface area (Å²) in [6.07, 6.45) is 3.52. The van der Waals surface area contributed by atoms with Crippen LogP contribution in [-0.4, -0.2) is 15.7 Å². The zero-order valence-corrected chi connectivity index (χ0v) is 10.3. The molecular formula is C13H14FN3O. The van der Waals surface area contributed by atoms with E-state index in [0.29, 0.717) is 17.7 Å². The minimum atomic E-state index is -0.307. The van der Waals surface area contributed by atoms with Gasteiger partial charge in [0.1, 0.15) is 5.82 Å². The van der Waals surface area contributed by atoms with Crippen molar-refractivity contribution in [1.29, 1.82) is 0 Å². The molecule has 0 unspecified atom stereocenters.